The number of hydrogen-bond donors (Lipinski definition) is 2. The number of carbonyl (C=O) groups excluding carboxylic acids is 1. The van der Waals surface area contributed by atoms with Gasteiger partial charge in [0.1, 0.15) is 0 Å². The fraction of sp³-hybridized carbons (Fsp3) is 0.133. The van der Waals surface area contributed by atoms with E-state index in [-0.39, 0.29) is 19.1 Å². The molecule has 3 rings (SSSR count). The van der Waals surface area contributed by atoms with Crippen LogP contribution in [0.1, 0.15) is 10.4 Å². The SMILES string of the molecule is O=C(NCCO)c1cccc(-c2cnc3cccnn23)c1. The normalized spacial score (nSPS) is 10.7. The van der Waals surface area contributed by atoms with Gasteiger partial charge in [0.2, 0.25) is 0 Å². The van der Waals surface area contributed by atoms with Crippen LogP contribution in [0.5, 0.6) is 0 Å². The van der Waals surface area contributed by atoms with Crippen molar-refractivity contribution in [3.8, 4) is 11.3 Å². The molecule has 0 aliphatic rings. The van der Waals surface area contributed by atoms with Crippen molar-refractivity contribution in [2.45, 2.75) is 0 Å². The van der Waals surface area contributed by atoms with Gasteiger partial charge in [0.05, 0.1) is 18.5 Å². The van der Waals surface area contributed by atoms with Crippen LogP contribution in [-0.4, -0.2) is 38.8 Å². The Kier molecular flexibility index (Phi) is 3.61. The second-order valence-electron chi connectivity index (χ2n) is 4.50. The molecule has 2 N–H and O–H groups in total. The van der Waals surface area contributed by atoms with E-state index in [1.54, 1.807) is 29.0 Å². The van der Waals surface area contributed by atoms with Gasteiger partial charge in [-0.05, 0) is 24.3 Å². The Morgan fingerprint density at radius 3 is 3.05 bits per heavy atom. The Bertz CT molecular complexity index is 782. The van der Waals surface area contributed by atoms with Gasteiger partial charge in [0, 0.05) is 23.9 Å². The average Bonchev–Trinajstić information content (AvgIpc) is 2.97. The highest BCUT2D eigenvalue weighted by Crippen LogP contribution is 2.20. The Labute approximate surface area is 121 Å². The number of fused-ring (bicyclic) bond motifs is 1. The third kappa shape index (κ3) is 2.61. The van der Waals surface area contributed by atoms with E-state index in [0.717, 1.165) is 16.9 Å². The average molecular weight is 282 g/mol. The number of aromatic nitrogens is 3. The maximum absolute atomic E-state index is 11.9. The summed E-state index contributed by atoms with van der Waals surface area (Å²) >= 11 is 0. The van der Waals surface area contributed by atoms with Crippen LogP contribution in [0, 0.1) is 0 Å². The summed E-state index contributed by atoms with van der Waals surface area (Å²) < 4.78 is 1.73. The van der Waals surface area contributed by atoms with Crippen LogP contribution in [0.15, 0.2) is 48.8 Å². The van der Waals surface area contributed by atoms with Crippen molar-refractivity contribution in [1.29, 1.82) is 0 Å². The molecular formula is C15H14N4O2. The molecule has 0 aliphatic heterocycles. The molecule has 0 aliphatic carbocycles. The van der Waals surface area contributed by atoms with Gasteiger partial charge in [0.25, 0.3) is 5.91 Å². The highest BCUT2D eigenvalue weighted by molar-refractivity contribution is 5.95. The molecule has 2 aromatic heterocycles. The quantitative estimate of drug-likeness (QED) is 0.751. The topological polar surface area (TPSA) is 79.5 Å². The van der Waals surface area contributed by atoms with Crippen LogP contribution >= 0.6 is 0 Å². The standard InChI is InChI=1S/C15H14N4O2/c20-8-7-16-15(21)12-4-1-3-11(9-12)13-10-17-14-5-2-6-18-19(13)14/h1-6,9-10,20H,7-8H2,(H,16,21). The molecule has 0 bridgehead atoms. The molecular weight excluding hydrogens is 268 g/mol. The van der Waals surface area contributed by atoms with Crippen molar-refractivity contribution in [3.05, 3.63) is 54.4 Å². The van der Waals surface area contributed by atoms with Gasteiger partial charge in [0.15, 0.2) is 5.65 Å². The minimum atomic E-state index is -0.215. The molecule has 1 aromatic carbocycles. The number of carbonyl (C=O) groups is 1. The van der Waals surface area contributed by atoms with E-state index in [4.69, 9.17) is 5.11 Å². The van der Waals surface area contributed by atoms with Crippen LogP contribution in [0.4, 0.5) is 0 Å². The van der Waals surface area contributed by atoms with Gasteiger partial charge in [-0.3, -0.25) is 4.79 Å². The maximum Gasteiger partial charge on any atom is 0.251 e. The molecule has 21 heavy (non-hydrogen) atoms. The summed E-state index contributed by atoms with van der Waals surface area (Å²) in [4.78, 5) is 16.2. The lowest BCUT2D eigenvalue weighted by molar-refractivity contribution is 0.0945. The van der Waals surface area contributed by atoms with Crippen LogP contribution < -0.4 is 5.32 Å². The molecule has 0 atom stereocenters. The molecule has 0 saturated carbocycles. The number of nitrogens with one attached hydrogen (secondary N) is 1. The molecule has 3 aromatic rings. The lowest BCUT2D eigenvalue weighted by Crippen LogP contribution is -2.26. The number of amides is 1. The summed E-state index contributed by atoms with van der Waals surface area (Å²) in [7, 11) is 0. The van der Waals surface area contributed by atoms with Gasteiger partial charge in [-0.15, -0.1) is 0 Å². The van der Waals surface area contributed by atoms with Crippen LogP contribution in [0.2, 0.25) is 0 Å². The monoisotopic (exact) mass is 282 g/mol. The van der Waals surface area contributed by atoms with Crippen LogP contribution in [0.3, 0.4) is 0 Å². The molecule has 0 saturated heterocycles. The number of hydrogen-bond acceptors (Lipinski definition) is 4. The van der Waals surface area contributed by atoms with Crippen molar-refractivity contribution in [3.63, 3.8) is 0 Å². The van der Waals surface area contributed by atoms with E-state index in [0.29, 0.717) is 5.56 Å². The zero-order valence-electron chi connectivity index (χ0n) is 11.2. The van der Waals surface area contributed by atoms with Crippen molar-refractivity contribution in [2.75, 3.05) is 13.2 Å². The lowest BCUT2D eigenvalue weighted by Gasteiger charge is -2.05. The smallest absolute Gasteiger partial charge is 0.251 e. The van der Waals surface area contributed by atoms with Gasteiger partial charge in [-0.1, -0.05) is 12.1 Å². The highest BCUT2D eigenvalue weighted by Gasteiger charge is 2.10. The summed E-state index contributed by atoms with van der Waals surface area (Å²) in [5, 5.41) is 15.6. The van der Waals surface area contributed by atoms with Gasteiger partial charge < -0.3 is 10.4 Å². The highest BCUT2D eigenvalue weighted by atomic mass is 16.3. The predicted octanol–water partition coefficient (Wildman–Crippen LogP) is 1.12. The number of aliphatic hydroxyl groups is 1. The van der Waals surface area contributed by atoms with E-state index in [1.807, 2.05) is 24.3 Å². The van der Waals surface area contributed by atoms with Crippen molar-refractivity contribution >= 4 is 11.6 Å². The maximum atomic E-state index is 11.9. The first-order chi connectivity index (χ1) is 10.3. The molecule has 106 valence electrons. The second kappa shape index (κ2) is 5.72. The first-order valence-electron chi connectivity index (χ1n) is 6.58. The summed E-state index contributed by atoms with van der Waals surface area (Å²) in [6.45, 7) is 0.156. The number of rotatable bonds is 4. The van der Waals surface area contributed by atoms with Crippen molar-refractivity contribution in [2.24, 2.45) is 0 Å². The number of benzene rings is 1. The minimum absolute atomic E-state index is 0.0807. The Hall–Kier alpha value is -2.73. The zero-order valence-corrected chi connectivity index (χ0v) is 11.2. The summed E-state index contributed by atoms with van der Waals surface area (Å²) in [5.74, 6) is -0.215. The van der Waals surface area contributed by atoms with E-state index < -0.39 is 0 Å². The molecule has 0 unspecified atom stereocenters. The van der Waals surface area contributed by atoms with E-state index in [9.17, 15) is 4.79 Å². The fourth-order valence-corrected chi connectivity index (χ4v) is 2.12. The summed E-state index contributed by atoms with van der Waals surface area (Å²) in [5.41, 5.74) is 2.97. The largest absolute Gasteiger partial charge is 0.395 e. The van der Waals surface area contributed by atoms with Crippen LogP contribution in [-0.2, 0) is 0 Å². The van der Waals surface area contributed by atoms with Gasteiger partial charge in [-0.2, -0.15) is 5.10 Å². The number of nitrogens with zero attached hydrogens (tertiary/aromatic N) is 3. The van der Waals surface area contributed by atoms with Crippen LogP contribution in [0.25, 0.3) is 16.9 Å². The molecule has 0 radical (unpaired) electrons. The number of aliphatic hydroxyl groups excluding tert-OH is 1. The first-order valence-corrected chi connectivity index (χ1v) is 6.58. The second-order valence-corrected chi connectivity index (χ2v) is 4.50. The van der Waals surface area contributed by atoms with Crippen molar-refractivity contribution in [1.82, 2.24) is 19.9 Å². The predicted molar refractivity (Wildman–Crippen MR) is 77.8 cm³/mol. The van der Waals surface area contributed by atoms with E-state index in [1.165, 1.54) is 0 Å². The van der Waals surface area contributed by atoms with E-state index in [2.05, 4.69) is 15.4 Å². The van der Waals surface area contributed by atoms with Gasteiger partial charge >= 0.3 is 0 Å². The molecule has 1 amide bonds. The number of imidazole rings is 1. The van der Waals surface area contributed by atoms with E-state index >= 15 is 0 Å². The lowest BCUT2D eigenvalue weighted by atomic mass is 10.1. The Morgan fingerprint density at radius 2 is 2.19 bits per heavy atom. The Morgan fingerprint density at radius 1 is 1.29 bits per heavy atom. The summed E-state index contributed by atoms with van der Waals surface area (Å²) in [6.07, 6.45) is 3.42. The molecule has 0 spiro atoms. The molecule has 2 heterocycles. The molecule has 6 nitrogen and oxygen atoms in total. The van der Waals surface area contributed by atoms with Gasteiger partial charge in [-0.25, -0.2) is 9.50 Å². The summed E-state index contributed by atoms with van der Waals surface area (Å²) in [6, 6.07) is 10.9. The third-order valence-electron chi connectivity index (χ3n) is 3.10. The third-order valence-corrected chi connectivity index (χ3v) is 3.10. The minimum Gasteiger partial charge on any atom is -0.395 e. The zero-order chi connectivity index (χ0) is 14.7. The van der Waals surface area contributed by atoms with Crippen molar-refractivity contribution < 1.29 is 9.90 Å². The fourth-order valence-electron chi connectivity index (χ4n) is 2.12. The first kappa shape index (κ1) is 13.3. The Balaban J connectivity index is 1.98. The molecule has 6 heteroatoms. The molecule has 0 fully saturated rings.